The quantitative estimate of drug-likeness (QED) is 0.0417. The van der Waals surface area contributed by atoms with Crippen LogP contribution in [0.2, 0.25) is 0 Å². The molecular weight excluding hydrogens is 875 g/mol. The van der Waals surface area contributed by atoms with Gasteiger partial charge in [0.25, 0.3) is 0 Å². The van der Waals surface area contributed by atoms with Crippen LogP contribution in [-0.2, 0) is 14.3 Å². The summed E-state index contributed by atoms with van der Waals surface area (Å²) >= 11 is 0. The molecule has 0 aliphatic carbocycles. The van der Waals surface area contributed by atoms with Crippen LogP contribution in [0.25, 0.3) is 0 Å². The molecule has 0 saturated heterocycles. The van der Waals surface area contributed by atoms with E-state index in [4.69, 9.17) is 4.74 Å². The van der Waals surface area contributed by atoms with Crippen LogP contribution in [0.3, 0.4) is 0 Å². The number of aliphatic hydroxyl groups excluding tert-OH is 2. The predicted octanol–water partition coefficient (Wildman–Crippen LogP) is 20.6. The zero-order chi connectivity index (χ0) is 51.4. The third kappa shape index (κ3) is 58.0. The first-order chi connectivity index (χ1) is 35.0. The van der Waals surface area contributed by atoms with E-state index < -0.39 is 12.1 Å². The molecule has 0 aliphatic rings. The minimum atomic E-state index is -0.658. The van der Waals surface area contributed by atoms with Gasteiger partial charge in [0, 0.05) is 12.8 Å². The SMILES string of the molecule is CCCCCCCCCCCCCCCCC(=O)OCCCCCCCCCCCCCCCCCCCCCCCCCCCCCCCCC(=O)NC(CO)C(O)CCCCCCCCCCCC. The standard InChI is InChI=1S/C65H129NO5/c1-3-5-7-9-11-13-15-16-36-39-43-47-51-55-59-65(70)71-60-56-52-48-44-40-37-34-32-30-28-26-24-22-20-18-17-19-21-23-25-27-29-31-33-35-38-42-46-50-54-58-64(69)66-62(61-67)63(68)57-53-49-45-41-14-12-10-8-6-4-2/h62-63,67-68H,3-61H2,1-2H3,(H,66,69). The van der Waals surface area contributed by atoms with E-state index in [-0.39, 0.29) is 18.5 Å². The number of ether oxygens (including phenoxy) is 1. The van der Waals surface area contributed by atoms with E-state index in [9.17, 15) is 19.8 Å². The number of carbonyl (C=O) groups excluding carboxylic acids is 2. The Bertz CT molecular complexity index is 1020. The van der Waals surface area contributed by atoms with Gasteiger partial charge in [0.15, 0.2) is 0 Å². The van der Waals surface area contributed by atoms with Gasteiger partial charge in [-0.25, -0.2) is 0 Å². The van der Waals surface area contributed by atoms with Crippen LogP contribution in [0, 0.1) is 0 Å². The van der Waals surface area contributed by atoms with Crippen molar-refractivity contribution in [3.8, 4) is 0 Å². The Labute approximate surface area is 445 Å². The minimum absolute atomic E-state index is 0.0232. The highest BCUT2D eigenvalue weighted by atomic mass is 16.5. The summed E-state index contributed by atoms with van der Waals surface area (Å²) in [5, 5.41) is 23.2. The molecule has 3 N–H and O–H groups in total. The van der Waals surface area contributed by atoms with E-state index in [1.165, 1.54) is 308 Å². The second-order valence-electron chi connectivity index (χ2n) is 22.8. The van der Waals surface area contributed by atoms with E-state index in [0.717, 1.165) is 38.5 Å². The van der Waals surface area contributed by atoms with Crippen LogP contribution < -0.4 is 5.32 Å². The fourth-order valence-corrected chi connectivity index (χ4v) is 10.6. The lowest BCUT2D eigenvalue weighted by molar-refractivity contribution is -0.143. The van der Waals surface area contributed by atoms with Crippen molar-refractivity contribution in [2.75, 3.05) is 13.2 Å². The smallest absolute Gasteiger partial charge is 0.305 e. The molecule has 0 aromatic heterocycles. The average Bonchev–Trinajstić information content (AvgIpc) is 3.37. The molecule has 0 aliphatic heterocycles. The van der Waals surface area contributed by atoms with Crippen LogP contribution in [0.15, 0.2) is 0 Å². The third-order valence-corrected chi connectivity index (χ3v) is 15.7. The van der Waals surface area contributed by atoms with Gasteiger partial charge in [-0.15, -0.1) is 0 Å². The van der Waals surface area contributed by atoms with E-state index >= 15 is 0 Å². The van der Waals surface area contributed by atoms with Crippen LogP contribution >= 0.6 is 0 Å². The largest absolute Gasteiger partial charge is 0.466 e. The summed E-state index contributed by atoms with van der Waals surface area (Å²) in [7, 11) is 0. The second kappa shape index (κ2) is 61.4. The van der Waals surface area contributed by atoms with Gasteiger partial charge in [-0.2, -0.15) is 0 Å². The van der Waals surface area contributed by atoms with Gasteiger partial charge in [-0.1, -0.05) is 341 Å². The monoisotopic (exact) mass is 1000 g/mol. The summed E-state index contributed by atoms with van der Waals surface area (Å²) in [5.41, 5.74) is 0. The fourth-order valence-electron chi connectivity index (χ4n) is 10.6. The number of rotatable bonds is 62. The number of hydrogen-bond donors (Lipinski definition) is 3. The average molecular weight is 1000 g/mol. The van der Waals surface area contributed by atoms with E-state index in [0.29, 0.717) is 25.9 Å². The predicted molar refractivity (Wildman–Crippen MR) is 310 cm³/mol. The highest BCUT2D eigenvalue weighted by Gasteiger charge is 2.20. The molecule has 0 heterocycles. The van der Waals surface area contributed by atoms with Crippen molar-refractivity contribution in [1.29, 1.82) is 0 Å². The Morgan fingerprint density at radius 2 is 0.577 bits per heavy atom. The molecule has 0 bridgehead atoms. The molecule has 0 aromatic rings. The van der Waals surface area contributed by atoms with E-state index in [1.54, 1.807) is 0 Å². The molecule has 2 atom stereocenters. The number of nitrogens with one attached hydrogen (secondary N) is 1. The van der Waals surface area contributed by atoms with Crippen molar-refractivity contribution in [3.05, 3.63) is 0 Å². The zero-order valence-corrected chi connectivity index (χ0v) is 48.5. The number of esters is 1. The number of hydrogen-bond acceptors (Lipinski definition) is 5. The Balaban J connectivity index is 3.28. The van der Waals surface area contributed by atoms with Gasteiger partial charge in [0.1, 0.15) is 0 Å². The summed E-state index contributed by atoms with van der Waals surface area (Å²) < 4.78 is 5.49. The van der Waals surface area contributed by atoms with Gasteiger partial charge in [0.05, 0.1) is 25.4 Å². The molecule has 0 aromatic carbocycles. The van der Waals surface area contributed by atoms with E-state index in [1.807, 2.05) is 0 Å². The maximum Gasteiger partial charge on any atom is 0.305 e. The molecule has 6 heteroatoms. The van der Waals surface area contributed by atoms with Crippen molar-refractivity contribution in [2.45, 2.75) is 392 Å². The molecule has 0 rings (SSSR count). The molecule has 6 nitrogen and oxygen atoms in total. The van der Waals surface area contributed by atoms with Crippen LogP contribution in [0.5, 0.6) is 0 Å². The minimum Gasteiger partial charge on any atom is -0.466 e. The first kappa shape index (κ1) is 69.9. The lowest BCUT2D eigenvalue weighted by Gasteiger charge is -2.22. The first-order valence-corrected chi connectivity index (χ1v) is 32.8. The van der Waals surface area contributed by atoms with Crippen molar-refractivity contribution >= 4 is 11.9 Å². The second-order valence-corrected chi connectivity index (χ2v) is 22.8. The molecule has 0 radical (unpaired) electrons. The molecule has 424 valence electrons. The first-order valence-electron chi connectivity index (χ1n) is 32.8. The summed E-state index contributed by atoms with van der Waals surface area (Å²) in [6, 6.07) is -0.535. The van der Waals surface area contributed by atoms with Gasteiger partial charge < -0.3 is 20.3 Å². The molecule has 0 fully saturated rings. The van der Waals surface area contributed by atoms with Gasteiger partial charge >= 0.3 is 5.97 Å². The maximum absolute atomic E-state index is 12.4. The van der Waals surface area contributed by atoms with Crippen molar-refractivity contribution in [1.82, 2.24) is 5.32 Å². The molecule has 0 spiro atoms. The number of amides is 1. The molecule has 71 heavy (non-hydrogen) atoms. The van der Waals surface area contributed by atoms with Crippen LogP contribution in [0.4, 0.5) is 0 Å². The molecule has 2 unspecified atom stereocenters. The van der Waals surface area contributed by atoms with Gasteiger partial charge in [-0.3, -0.25) is 9.59 Å². The summed E-state index contributed by atoms with van der Waals surface area (Å²) in [6.07, 6.45) is 72.9. The normalized spacial score (nSPS) is 12.5. The summed E-state index contributed by atoms with van der Waals surface area (Å²) in [5.74, 6) is -0.00727. The Morgan fingerprint density at radius 1 is 0.338 bits per heavy atom. The molecule has 0 saturated carbocycles. The molecule has 1 amide bonds. The number of carbonyl (C=O) groups is 2. The molecular formula is C65H129NO5. The number of aliphatic hydroxyl groups is 2. The Kier molecular flexibility index (Phi) is 60.4. The number of unbranched alkanes of at least 4 members (excludes halogenated alkanes) is 51. The van der Waals surface area contributed by atoms with Crippen molar-refractivity contribution < 1.29 is 24.5 Å². The Hall–Kier alpha value is -1.14. The highest BCUT2D eigenvalue weighted by Crippen LogP contribution is 2.19. The summed E-state index contributed by atoms with van der Waals surface area (Å²) in [6.45, 7) is 4.97. The summed E-state index contributed by atoms with van der Waals surface area (Å²) in [4.78, 5) is 24.5. The fraction of sp³-hybridized carbons (Fsp3) is 0.969. The van der Waals surface area contributed by atoms with Gasteiger partial charge in [0.2, 0.25) is 5.91 Å². The lowest BCUT2D eigenvalue weighted by atomic mass is 10.0. The lowest BCUT2D eigenvalue weighted by Crippen LogP contribution is -2.45. The van der Waals surface area contributed by atoms with E-state index in [2.05, 4.69) is 19.2 Å². The van der Waals surface area contributed by atoms with Crippen LogP contribution in [-0.4, -0.2) is 47.4 Å². The Morgan fingerprint density at radius 3 is 0.859 bits per heavy atom. The van der Waals surface area contributed by atoms with Crippen molar-refractivity contribution in [3.63, 3.8) is 0 Å². The third-order valence-electron chi connectivity index (χ3n) is 15.7. The zero-order valence-electron chi connectivity index (χ0n) is 48.5. The van der Waals surface area contributed by atoms with Crippen LogP contribution in [0.1, 0.15) is 380 Å². The topological polar surface area (TPSA) is 95.9 Å². The maximum atomic E-state index is 12.4. The highest BCUT2D eigenvalue weighted by molar-refractivity contribution is 5.76. The van der Waals surface area contributed by atoms with Crippen molar-refractivity contribution in [2.24, 2.45) is 0 Å². The van der Waals surface area contributed by atoms with Gasteiger partial charge in [-0.05, 0) is 25.7 Å².